The fraction of sp³-hybridized carbons (Fsp3) is 0.455. The van der Waals surface area contributed by atoms with E-state index in [1.165, 1.54) is 0 Å². The van der Waals surface area contributed by atoms with Crippen LogP contribution in [0.25, 0.3) is 0 Å². The van der Waals surface area contributed by atoms with Crippen molar-refractivity contribution in [2.75, 3.05) is 6.61 Å². The van der Waals surface area contributed by atoms with Gasteiger partial charge in [-0.05, 0) is 24.1 Å². The van der Waals surface area contributed by atoms with Crippen molar-refractivity contribution in [3.63, 3.8) is 0 Å². The number of aliphatic hydroxyl groups is 1. The van der Waals surface area contributed by atoms with E-state index in [-0.39, 0.29) is 12.2 Å². The first kappa shape index (κ1) is 9.97. The maximum absolute atomic E-state index is 9.50. The van der Waals surface area contributed by atoms with E-state index >= 15 is 0 Å². The molecular weight excluding hydrogens is 200 g/mol. The minimum Gasteiger partial charge on any atom is -0.393 e. The Labute approximate surface area is 88.5 Å². The molecule has 3 heteroatoms. The average molecular weight is 213 g/mol. The largest absolute Gasteiger partial charge is 0.393 e. The molecule has 76 valence electrons. The molecule has 1 heterocycles. The van der Waals surface area contributed by atoms with Crippen molar-refractivity contribution in [2.45, 2.75) is 25.0 Å². The lowest BCUT2D eigenvalue weighted by atomic mass is 9.99. The maximum Gasteiger partial charge on any atom is 0.0850 e. The number of benzene rings is 1. The van der Waals surface area contributed by atoms with Gasteiger partial charge in [0.1, 0.15) is 0 Å². The molecule has 1 N–H and O–H groups in total. The Kier molecular flexibility index (Phi) is 3.06. The molecule has 0 bridgehead atoms. The highest BCUT2D eigenvalue weighted by atomic mass is 35.5. The minimum atomic E-state index is -0.243. The summed E-state index contributed by atoms with van der Waals surface area (Å²) >= 11 is 5.88. The van der Waals surface area contributed by atoms with Gasteiger partial charge in [-0.3, -0.25) is 0 Å². The van der Waals surface area contributed by atoms with Crippen molar-refractivity contribution < 1.29 is 9.84 Å². The summed E-state index contributed by atoms with van der Waals surface area (Å²) in [6.45, 7) is 0.623. The Morgan fingerprint density at radius 1 is 1.43 bits per heavy atom. The molecule has 0 spiro atoms. The summed E-state index contributed by atoms with van der Waals surface area (Å²) in [5.41, 5.74) is 1.05. The second-order valence-electron chi connectivity index (χ2n) is 3.59. The summed E-state index contributed by atoms with van der Waals surface area (Å²) < 4.78 is 5.57. The van der Waals surface area contributed by atoms with Gasteiger partial charge in [0, 0.05) is 18.1 Å². The summed E-state index contributed by atoms with van der Waals surface area (Å²) in [5.74, 6) is 0. The van der Waals surface area contributed by atoms with Crippen molar-refractivity contribution in [3.8, 4) is 0 Å². The molecule has 1 aliphatic rings. The van der Waals surface area contributed by atoms with Crippen LogP contribution in [0.3, 0.4) is 0 Å². The summed E-state index contributed by atoms with van der Waals surface area (Å²) in [5, 5.41) is 10.2. The molecule has 1 aromatic rings. The van der Waals surface area contributed by atoms with E-state index in [9.17, 15) is 5.11 Å². The third-order valence-corrected chi connectivity index (χ3v) is 2.71. The van der Waals surface area contributed by atoms with Gasteiger partial charge < -0.3 is 9.84 Å². The molecule has 0 amide bonds. The van der Waals surface area contributed by atoms with E-state index in [4.69, 9.17) is 16.3 Å². The van der Waals surface area contributed by atoms with E-state index in [1.54, 1.807) is 0 Å². The SMILES string of the molecule is OC1CCOC(c2cccc(Cl)c2)C1. The quantitative estimate of drug-likeness (QED) is 0.776. The van der Waals surface area contributed by atoms with Crippen molar-refractivity contribution in [2.24, 2.45) is 0 Å². The summed E-state index contributed by atoms with van der Waals surface area (Å²) in [6, 6.07) is 7.62. The van der Waals surface area contributed by atoms with Gasteiger partial charge in [-0.25, -0.2) is 0 Å². The van der Waals surface area contributed by atoms with Crippen LogP contribution in [0.15, 0.2) is 24.3 Å². The number of halogens is 1. The third-order valence-electron chi connectivity index (χ3n) is 2.48. The maximum atomic E-state index is 9.50. The number of rotatable bonds is 1. The molecule has 0 saturated carbocycles. The van der Waals surface area contributed by atoms with E-state index in [1.807, 2.05) is 24.3 Å². The third kappa shape index (κ3) is 2.27. The van der Waals surface area contributed by atoms with Gasteiger partial charge in [0.05, 0.1) is 12.2 Å². The van der Waals surface area contributed by atoms with Gasteiger partial charge in [0.15, 0.2) is 0 Å². The van der Waals surface area contributed by atoms with Crippen molar-refractivity contribution in [1.82, 2.24) is 0 Å². The topological polar surface area (TPSA) is 29.5 Å². The summed E-state index contributed by atoms with van der Waals surface area (Å²) in [6.07, 6.45) is 1.16. The number of aliphatic hydroxyl groups excluding tert-OH is 1. The molecule has 2 unspecified atom stereocenters. The summed E-state index contributed by atoms with van der Waals surface area (Å²) in [7, 11) is 0. The fourth-order valence-electron chi connectivity index (χ4n) is 1.72. The fourth-order valence-corrected chi connectivity index (χ4v) is 1.92. The van der Waals surface area contributed by atoms with Crippen molar-refractivity contribution >= 4 is 11.6 Å². The van der Waals surface area contributed by atoms with Crippen LogP contribution in [0.2, 0.25) is 5.02 Å². The lowest BCUT2D eigenvalue weighted by Crippen LogP contribution is -2.23. The second kappa shape index (κ2) is 4.30. The Balaban J connectivity index is 2.14. The van der Waals surface area contributed by atoms with Crippen LogP contribution < -0.4 is 0 Å². The van der Waals surface area contributed by atoms with E-state index < -0.39 is 0 Å². The molecule has 1 aliphatic heterocycles. The predicted octanol–water partition coefficient (Wildman–Crippen LogP) is 2.55. The monoisotopic (exact) mass is 212 g/mol. The van der Waals surface area contributed by atoms with Gasteiger partial charge in [-0.2, -0.15) is 0 Å². The molecule has 0 aliphatic carbocycles. The molecule has 0 aromatic heterocycles. The molecule has 2 rings (SSSR count). The van der Waals surface area contributed by atoms with Crippen LogP contribution >= 0.6 is 11.6 Å². The Hall–Kier alpha value is -0.570. The minimum absolute atomic E-state index is 0.00236. The predicted molar refractivity (Wildman–Crippen MR) is 55.4 cm³/mol. The Morgan fingerprint density at radius 3 is 3.00 bits per heavy atom. The Morgan fingerprint density at radius 2 is 2.29 bits per heavy atom. The van der Waals surface area contributed by atoms with Gasteiger partial charge in [-0.15, -0.1) is 0 Å². The smallest absolute Gasteiger partial charge is 0.0850 e. The van der Waals surface area contributed by atoms with Crippen molar-refractivity contribution in [1.29, 1.82) is 0 Å². The van der Waals surface area contributed by atoms with Gasteiger partial charge >= 0.3 is 0 Å². The standard InChI is InChI=1S/C11H13ClO2/c12-9-3-1-2-8(6-9)11-7-10(13)4-5-14-11/h1-3,6,10-11,13H,4-5,7H2. The first-order valence-electron chi connectivity index (χ1n) is 4.81. The van der Waals surface area contributed by atoms with Crippen LogP contribution in [0.4, 0.5) is 0 Å². The first-order chi connectivity index (χ1) is 6.75. The summed E-state index contributed by atoms with van der Waals surface area (Å²) in [4.78, 5) is 0. The molecule has 14 heavy (non-hydrogen) atoms. The highest BCUT2D eigenvalue weighted by molar-refractivity contribution is 6.30. The van der Waals surface area contributed by atoms with Gasteiger partial charge in [-0.1, -0.05) is 23.7 Å². The van der Waals surface area contributed by atoms with Crippen LogP contribution in [0.1, 0.15) is 24.5 Å². The molecule has 1 aromatic carbocycles. The van der Waals surface area contributed by atoms with Crippen LogP contribution in [-0.4, -0.2) is 17.8 Å². The number of ether oxygens (including phenoxy) is 1. The molecule has 1 fully saturated rings. The zero-order valence-electron chi connectivity index (χ0n) is 7.82. The van der Waals surface area contributed by atoms with Crippen molar-refractivity contribution in [3.05, 3.63) is 34.9 Å². The molecule has 1 saturated heterocycles. The zero-order chi connectivity index (χ0) is 9.97. The van der Waals surface area contributed by atoms with Gasteiger partial charge in [0.2, 0.25) is 0 Å². The lowest BCUT2D eigenvalue weighted by Gasteiger charge is -2.26. The highest BCUT2D eigenvalue weighted by Gasteiger charge is 2.22. The zero-order valence-corrected chi connectivity index (χ0v) is 8.57. The van der Waals surface area contributed by atoms with Gasteiger partial charge in [0.25, 0.3) is 0 Å². The Bertz CT molecular complexity index is 314. The average Bonchev–Trinajstić information content (AvgIpc) is 2.18. The molecular formula is C11H13ClO2. The highest BCUT2D eigenvalue weighted by Crippen LogP contribution is 2.29. The molecule has 2 atom stereocenters. The van der Waals surface area contributed by atoms with E-state index in [2.05, 4.69) is 0 Å². The second-order valence-corrected chi connectivity index (χ2v) is 4.03. The van der Waals surface area contributed by atoms with E-state index in [0.29, 0.717) is 18.1 Å². The lowest BCUT2D eigenvalue weighted by molar-refractivity contribution is -0.0447. The number of hydrogen-bond donors (Lipinski definition) is 1. The van der Waals surface area contributed by atoms with E-state index in [0.717, 1.165) is 12.0 Å². The first-order valence-corrected chi connectivity index (χ1v) is 5.18. The normalized spacial score (nSPS) is 27.6. The molecule has 0 radical (unpaired) electrons. The van der Waals surface area contributed by atoms with Crippen LogP contribution in [-0.2, 0) is 4.74 Å². The van der Waals surface area contributed by atoms with Crippen LogP contribution in [0, 0.1) is 0 Å². The molecule has 2 nitrogen and oxygen atoms in total. The van der Waals surface area contributed by atoms with Crippen LogP contribution in [0.5, 0.6) is 0 Å². The number of hydrogen-bond acceptors (Lipinski definition) is 2.